The van der Waals surface area contributed by atoms with Gasteiger partial charge in [0.1, 0.15) is 5.54 Å². The third-order valence-corrected chi connectivity index (χ3v) is 5.50. The van der Waals surface area contributed by atoms with Crippen molar-refractivity contribution >= 4 is 28.5 Å². The molecule has 2 heterocycles. The third kappa shape index (κ3) is 1.99. The van der Waals surface area contributed by atoms with E-state index in [-0.39, 0.29) is 5.54 Å². The SMILES string of the molecule is Clc1ccc(C2(c3ccccc3)CN=C3SCCN32)cc1. The van der Waals surface area contributed by atoms with Gasteiger partial charge in [-0.3, -0.25) is 4.99 Å². The molecule has 1 saturated heterocycles. The summed E-state index contributed by atoms with van der Waals surface area (Å²) in [6.07, 6.45) is 0. The van der Waals surface area contributed by atoms with Crippen molar-refractivity contribution in [3.63, 3.8) is 0 Å². The minimum atomic E-state index is -0.176. The van der Waals surface area contributed by atoms with Crippen LogP contribution in [0.5, 0.6) is 0 Å². The maximum absolute atomic E-state index is 6.07. The van der Waals surface area contributed by atoms with Crippen molar-refractivity contribution in [2.75, 3.05) is 18.8 Å². The van der Waals surface area contributed by atoms with Crippen molar-refractivity contribution in [3.8, 4) is 0 Å². The zero-order valence-electron chi connectivity index (χ0n) is 11.5. The molecule has 2 aromatic carbocycles. The summed E-state index contributed by atoms with van der Waals surface area (Å²) in [5.41, 5.74) is 2.39. The Morgan fingerprint density at radius 1 is 1.00 bits per heavy atom. The summed E-state index contributed by atoms with van der Waals surface area (Å²) < 4.78 is 0. The molecule has 0 spiro atoms. The Kier molecular flexibility index (Phi) is 3.20. The molecule has 1 unspecified atom stereocenters. The molecule has 106 valence electrons. The van der Waals surface area contributed by atoms with E-state index in [1.807, 2.05) is 23.9 Å². The summed E-state index contributed by atoms with van der Waals surface area (Å²) in [6, 6.07) is 18.9. The van der Waals surface area contributed by atoms with E-state index in [9.17, 15) is 0 Å². The molecular formula is C17H15ClN2S. The lowest BCUT2D eigenvalue weighted by molar-refractivity contribution is 0.274. The molecule has 0 aliphatic carbocycles. The van der Waals surface area contributed by atoms with Gasteiger partial charge in [-0.1, -0.05) is 65.8 Å². The fraction of sp³-hybridized carbons (Fsp3) is 0.235. The molecule has 0 radical (unpaired) electrons. The number of nitrogens with zero attached hydrogens (tertiary/aromatic N) is 2. The standard InChI is InChI=1S/C17H15ClN2S/c18-15-8-6-14(7-9-15)17(13-4-2-1-3-5-13)12-19-16-20(17)10-11-21-16/h1-9H,10-12H2. The minimum Gasteiger partial charge on any atom is -0.335 e. The Balaban J connectivity index is 1.90. The molecule has 2 aliphatic heterocycles. The van der Waals surface area contributed by atoms with E-state index in [1.54, 1.807) is 0 Å². The van der Waals surface area contributed by atoms with Gasteiger partial charge in [-0.2, -0.15) is 0 Å². The van der Waals surface area contributed by atoms with Crippen LogP contribution in [0.25, 0.3) is 0 Å². The quantitative estimate of drug-likeness (QED) is 0.832. The first-order chi connectivity index (χ1) is 10.3. The molecule has 4 rings (SSSR count). The van der Waals surface area contributed by atoms with E-state index in [0.717, 1.165) is 23.9 Å². The summed E-state index contributed by atoms with van der Waals surface area (Å²) in [6.45, 7) is 1.82. The van der Waals surface area contributed by atoms with Crippen LogP contribution in [0.3, 0.4) is 0 Å². The van der Waals surface area contributed by atoms with Crippen LogP contribution in [0.2, 0.25) is 5.02 Å². The molecule has 21 heavy (non-hydrogen) atoms. The van der Waals surface area contributed by atoms with E-state index >= 15 is 0 Å². The van der Waals surface area contributed by atoms with Crippen molar-refractivity contribution in [1.82, 2.24) is 4.90 Å². The molecule has 1 atom stereocenters. The first kappa shape index (κ1) is 13.2. The molecule has 0 N–H and O–H groups in total. The second-order valence-electron chi connectivity index (χ2n) is 5.33. The van der Waals surface area contributed by atoms with E-state index in [0.29, 0.717) is 0 Å². The van der Waals surface area contributed by atoms with Gasteiger partial charge in [0, 0.05) is 17.3 Å². The van der Waals surface area contributed by atoms with Crippen molar-refractivity contribution in [2.24, 2.45) is 4.99 Å². The number of rotatable bonds is 2. The molecule has 0 amide bonds. The molecule has 0 bridgehead atoms. The predicted octanol–water partition coefficient (Wildman–Crippen LogP) is 4.00. The Morgan fingerprint density at radius 3 is 2.48 bits per heavy atom. The molecule has 0 saturated carbocycles. The summed E-state index contributed by atoms with van der Waals surface area (Å²) in [7, 11) is 0. The van der Waals surface area contributed by atoms with Crippen LogP contribution in [0.15, 0.2) is 59.6 Å². The highest BCUT2D eigenvalue weighted by Crippen LogP contribution is 2.44. The first-order valence-corrected chi connectivity index (χ1v) is 8.43. The Labute approximate surface area is 133 Å². The second-order valence-corrected chi connectivity index (χ2v) is 6.83. The molecule has 0 aromatic heterocycles. The Morgan fingerprint density at radius 2 is 1.71 bits per heavy atom. The van der Waals surface area contributed by atoms with E-state index in [4.69, 9.17) is 16.6 Å². The van der Waals surface area contributed by atoms with Crippen LogP contribution in [0, 0.1) is 0 Å². The van der Waals surface area contributed by atoms with Crippen molar-refractivity contribution in [1.29, 1.82) is 0 Å². The molecular weight excluding hydrogens is 300 g/mol. The van der Waals surface area contributed by atoms with E-state index in [2.05, 4.69) is 47.4 Å². The second kappa shape index (κ2) is 5.08. The summed E-state index contributed by atoms with van der Waals surface area (Å²) >= 11 is 7.93. The lowest BCUT2D eigenvalue weighted by Crippen LogP contribution is -2.45. The van der Waals surface area contributed by atoms with Gasteiger partial charge in [0.25, 0.3) is 0 Å². The van der Waals surface area contributed by atoms with Crippen LogP contribution in [0.1, 0.15) is 11.1 Å². The van der Waals surface area contributed by atoms with Gasteiger partial charge in [-0.05, 0) is 23.3 Å². The van der Waals surface area contributed by atoms with Crippen LogP contribution in [-0.4, -0.2) is 28.9 Å². The number of halogens is 1. The average molecular weight is 315 g/mol. The number of hydrogen-bond acceptors (Lipinski definition) is 3. The molecule has 2 nitrogen and oxygen atoms in total. The summed E-state index contributed by atoms with van der Waals surface area (Å²) in [5, 5.41) is 1.95. The fourth-order valence-electron chi connectivity index (χ4n) is 3.25. The summed E-state index contributed by atoms with van der Waals surface area (Å²) in [5.74, 6) is 1.11. The van der Waals surface area contributed by atoms with Crippen molar-refractivity contribution < 1.29 is 0 Å². The lowest BCUT2D eigenvalue weighted by atomic mass is 9.82. The first-order valence-electron chi connectivity index (χ1n) is 7.07. The van der Waals surface area contributed by atoms with Gasteiger partial charge in [0.15, 0.2) is 5.17 Å². The minimum absolute atomic E-state index is 0.176. The van der Waals surface area contributed by atoms with Gasteiger partial charge in [-0.25, -0.2) is 0 Å². The normalized spacial score (nSPS) is 24.0. The molecule has 2 aromatic rings. The number of thioether (sulfide) groups is 1. The largest absolute Gasteiger partial charge is 0.335 e. The monoisotopic (exact) mass is 314 g/mol. The predicted molar refractivity (Wildman–Crippen MR) is 90.1 cm³/mol. The van der Waals surface area contributed by atoms with E-state index in [1.165, 1.54) is 16.3 Å². The van der Waals surface area contributed by atoms with E-state index < -0.39 is 0 Å². The smallest absolute Gasteiger partial charge is 0.160 e. The Bertz CT molecular complexity index is 684. The van der Waals surface area contributed by atoms with Gasteiger partial charge >= 0.3 is 0 Å². The zero-order chi connectivity index (χ0) is 14.3. The lowest BCUT2D eigenvalue weighted by Gasteiger charge is -2.38. The van der Waals surface area contributed by atoms with Gasteiger partial charge in [0.05, 0.1) is 6.54 Å². The maximum Gasteiger partial charge on any atom is 0.160 e. The highest BCUT2D eigenvalue weighted by atomic mass is 35.5. The molecule has 1 fully saturated rings. The fourth-order valence-corrected chi connectivity index (χ4v) is 4.40. The number of hydrogen-bond donors (Lipinski definition) is 0. The van der Waals surface area contributed by atoms with Crippen LogP contribution >= 0.6 is 23.4 Å². The van der Waals surface area contributed by atoms with Crippen molar-refractivity contribution in [3.05, 3.63) is 70.7 Å². The van der Waals surface area contributed by atoms with Gasteiger partial charge in [0.2, 0.25) is 0 Å². The molecule has 2 aliphatic rings. The number of fused-ring (bicyclic) bond motifs is 1. The summed E-state index contributed by atoms with van der Waals surface area (Å²) in [4.78, 5) is 7.25. The van der Waals surface area contributed by atoms with Crippen LogP contribution < -0.4 is 0 Å². The van der Waals surface area contributed by atoms with Gasteiger partial charge < -0.3 is 4.90 Å². The maximum atomic E-state index is 6.07. The highest BCUT2D eigenvalue weighted by Gasteiger charge is 2.47. The number of benzene rings is 2. The average Bonchev–Trinajstić information content (AvgIpc) is 3.12. The van der Waals surface area contributed by atoms with Gasteiger partial charge in [-0.15, -0.1) is 0 Å². The highest BCUT2D eigenvalue weighted by molar-refractivity contribution is 8.14. The number of amidine groups is 1. The number of aliphatic imine (C=N–C) groups is 1. The Hall–Kier alpha value is -1.45. The third-order valence-electron chi connectivity index (χ3n) is 4.25. The van der Waals surface area contributed by atoms with Crippen LogP contribution in [0.4, 0.5) is 0 Å². The molecule has 4 heteroatoms. The zero-order valence-corrected chi connectivity index (χ0v) is 13.1. The topological polar surface area (TPSA) is 15.6 Å². The van der Waals surface area contributed by atoms with Crippen molar-refractivity contribution in [2.45, 2.75) is 5.54 Å². The van der Waals surface area contributed by atoms with Crippen LogP contribution in [-0.2, 0) is 5.54 Å².